The lowest BCUT2D eigenvalue weighted by atomic mass is 9.96. The quantitative estimate of drug-likeness (QED) is 0.536. The van der Waals surface area contributed by atoms with Gasteiger partial charge in [-0.25, -0.2) is 0 Å². The fourth-order valence-electron chi connectivity index (χ4n) is 1.60. The van der Waals surface area contributed by atoms with Crippen LogP contribution in [0.15, 0.2) is 5.16 Å². The van der Waals surface area contributed by atoms with Crippen molar-refractivity contribution in [2.24, 2.45) is 5.16 Å². The van der Waals surface area contributed by atoms with Crippen molar-refractivity contribution >= 4 is 5.71 Å². The van der Waals surface area contributed by atoms with Gasteiger partial charge in [0.05, 0.1) is 17.9 Å². The van der Waals surface area contributed by atoms with Crippen molar-refractivity contribution < 1.29 is 15.1 Å². The minimum Gasteiger partial charge on any atom is -0.411 e. The lowest BCUT2D eigenvalue weighted by Crippen LogP contribution is -2.23. The van der Waals surface area contributed by atoms with Gasteiger partial charge in [0.25, 0.3) is 0 Å². The van der Waals surface area contributed by atoms with Crippen molar-refractivity contribution in [3.05, 3.63) is 0 Å². The predicted octanol–water partition coefficient (Wildman–Crippen LogP) is 1.55. The van der Waals surface area contributed by atoms with Crippen LogP contribution in [0.2, 0.25) is 0 Å². The standard InChI is InChI=1S/C10H19NO3/c1-8(12)6-7-14-10-4-2-9(11-13)3-5-10/h8,10,12-13H,2-7H2,1H3. The Kier molecular flexibility index (Phi) is 4.90. The van der Waals surface area contributed by atoms with E-state index >= 15 is 0 Å². The second-order valence-electron chi connectivity index (χ2n) is 3.87. The highest BCUT2D eigenvalue weighted by molar-refractivity contribution is 5.84. The SMILES string of the molecule is CC(O)CCOC1CCC(=NO)CC1. The second-order valence-corrected chi connectivity index (χ2v) is 3.87. The van der Waals surface area contributed by atoms with Crippen molar-refractivity contribution in [3.8, 4) is 0 Å². The Balaban J connectivity index is 2.10. The van der Waals surface area contributed by atoms with Gasteiger partial charge in [0, 0.05) is 6.61 Å². The Bertz CT molecular complexity index is 182. The Hall–Kier alpha value is -0.610. The van der Waals surface area contributed by atoms with Gasteiger partial charge in [0.1, 0.15) is 0 Å². The molecule has 82 valence electrons. The Labute approximate surface area is 84.6 Å². The molecular weight excluding hydrogens is 182 g/mol. The molecule has 4 nitrogen and oxygen atoms in total. The van der Waals surface area contributed by atoms with E-state index in [0.717, 1.165) is 31.4 Å². The molecule has 1 unspecified atom stereocenters. The van der Waals surface area contributed by atoms with Crippen molar-refractivity contribution in [2.75, 3.05) is 6.61 Å². The van der Waals surface area contributed by atoms with Gasteiger partial charge in [-0.3, -0.25) is 0 Å². The minimum atomic E-state index is -0.284. The molecule has 0 aromatic rings. The molecule has 1 rings (SSSR count). The highest BCUT2D eigenvalue weighted by Gasteiger charge is 2.18. The van der Waals surface area contributed by atoms with Gasteiger partial charge >= 0.3 is 0 Å². The monoisotopic (exact) mass is 201 g/mol. The molecule has 0 amide bonds. The number of nitrogens with zero attached hydrogens (tertiary/aromatic N) is 1. The van der Waals surface area contributed by atoms with Gasteiger partial charge < -0.3 is 15.1 Å². The van der Waals surface area contributed by atoms with Gasteiger partial charge in [-0.05, 0) is 39.0 Å². The van der Waals surface area contributed by atoms with Crippen molar-refractivity contribution in [1.82, 2.24) is 0 Å². The van der Waals surface area contributed by atoms with Crippen LogP contribution in [0, 0.1) is 0 Å². The molecule has 1 saturated carbocycles. The van der Waals surface area contributed by atoms with Gasteiger partial charge in [0.2, 0.25) is 0 Å². The molecule has 1 aliphatic carbocycles. The van der Waals surface area contributed by atoms with Gasteiger partial charge in [-0.15, -0.1) is 0 Å². The molecule has 0 saturated heterocycles. The topological polar surface area (TPSA) is 62.0 Å². The zero-order valence-corrected chi connectivity index (χ0v) is 8.65. The van der Waals surface area contributed by atoms with Crippen LogP contribution >= 0.6 is 0 Å². The molecule has 0 spiro atoms. The van der Waals surface area contributed by atoms with E-state index in [4.69, 9.17) is 15.1 Å². The third kappa shape index (κ3) is 4.07. The first-order valence-electron chi connectivity index (χ1n) is 5.22. The first-order valence-corrected chi connectivity index (χ1v) is 5.22. The number of hydrogen-bond acceptors (Lipinski definition) is 4. The first-order chi connectivity index (χ1) is 6.72. The highest BCUT2D eigenvalue weighted by Crippen LogP contribution is 2.19. The lowest BCUT2D eigenvalue weighted by Gasteiger charge is -2.22. The van der Waals surface area contributed by atoms with E-state index < -0.39 is 0 Å². The summed E-state index contributed by atoms with van der Waals surface area (Å²) < 4.78 is 5.59. The van der Waals surface area contributed by atoms with E-state index in [1.807, 2.05) is 0 Å². The van der Waals surface area contributed by atoms with Crippen molar-refractivity contribution in [1.29, 1.82) is 0 Å². The lowest BCUT2D eigenvalue weighted by molar-refractivity contribution is 0.0210. The largest absolute Gasteiger partial charge is 0.411 e. The molecule has 0 aliphatic heterocycles. The molecule has 14 heavy (non-hydrogen) atoms. The molecule has 4 heteroatoms. The summed E-state index contributed by atoms with van der Waals surface area (Å²) in [6.45, 7) is 2.38. The predicted molar refractivity (Wildman–Crippen MR) is 53.7 cm³/mol. The van der Waals surface area contributed by atoms with Gasteiger partial charge in [-0.2, -0.15) is 0 Å². The third-order valence-corrected chi connectivity index (χ3v) is 2.54. The molecule has 1 fully saturated rings. The van der Waals surface area contributed by atoms with E-state index in [1.54, 1.807) is 6.92 Å². The number of rotatable bonds is 4. The molecule has 0 aromatic carbocycles. The fourth-order valence-corrected chi connectivity index (χ4v) is 1.60. The Morgan fingerprint density at radius 2 is 2.14 bits per heavy atom. The van der Waals surface area contributed by atoms with E-state index in [-0.39, 0.29) is 12.2 Å². The van der Waals surface area contributed by atoms with Crippen molar-refractivity contribution in [2.45, 2.75) is 51.2 Å². The zero-order chi connectivity index (χ0) is 10.4. The molecule has 0 aromatic heterocycles. The normalized spacial score (nSPS) is 24.7. The van der Waals surface area contributed by atoms with Crippen LogP contribution < -0.4 is 0 Å². The van der Waals surface area contributed by atoms with E-state index in [9.17, 15) is 0 Å². The van der Waals surface area contributed by atoms with Crippen LogP contribution in [0.3, 0.4) is 0 Å². The maximum Gasteiger partial charge on any atom is 0.0582 e. The summed E-state index contributed by atoms with van der Waals surface area (Å²) in [4.78, 5) is 0. The summed E-state index contributed by atoms with van der Waals surface area (Å²) in [6, 6.07) is 0. The van der Waals surface area contributed by atoms with Crippen molar-refractivity contribution in [3.63, 3.8) is 0 Å². The Morgan fingerprint density at radius 1 is 1.50 bits per heavy atom. The summed E-state index contributed by atoms with van der Waals surface area (Å²) in [7, 11) is 0. The molecule has 2 N–H and O–H groups in total. The highest BCUT2D eigenvalue weighted by atomic mass is 16.5. The van der Waals surface area contributed by atoms with Crippen LogP contribution in [0.1, 0.15) is 39.0 Å². The summed E-state index contributed by atoms with van der Waals surface area (Å²) in [6.07, 6.45) is 4.20. The average molecular weight is 201 g/mol. The number of aliphatic hydroxyl groups is 1. The van der Waals surface area contributed by atoms with Crippen LogP contribution in [0.5, 0.6) is 0 Å². The summed E-state index contributed by atoms with van der Waals surface area (Å²) >= 11 is 0. The number of oxime groups is 1. The van der Waals surface area contributed by atoms with Gasteiger partial charge in [0.15, 0.2) is 0 Å². The molecule has 1 aliphatic rings. The van der Waals surface area contributed by atoms with E-state index in [1.165, 1.54) is 0 Å². The number of ether oxygens (including phenoxy) is 1. The van der Waals surface area contributed by atoms with Crippen LogP contribution in [-0.4, -0.2) is 34.8 Å². The smallest absolute Gasteiger partial charge is 0.0582 e. The van der Waals surface area contributed by atoms with Crippen LogP contribution in [-0.2, 0) is 4.74 Å². The molecule has 1 atom stereocenters. The number of hydrogen-bond donors (Lipinski definition) is 2. The van der Waals surface area contributed by atoms with Crippen LogP contribution in [0.4, 0.5) is 0 Å². The Morgan fingerprint density at radius 3 is 2.64 bits per heavy atom. The maximum atomic E-state index is 9.03. The third-order valence-electron chi connectivity index (χ3n) is 2.54. The zero-order valence-electron chi connectivity index (χ0n) is 8.65. The fraction of sp³-hybridized carbons (Fsp3) is 0.900. The summed E-state index contributed by atoms with van der Waals surface area (Å²) in [5.74, 6) is 0. The molecule has 0 bridgehead atoms. The molecule has 0 radical (unpaired) electrons. The summed E-state index contributed by atoms with van der Waals surface area (Å²) in [5, 5.41) is 20.8. The minimum absolute atomic E-state index is 0.277. The maximum absolute atomic E-state index is 9.03. The first kappa shape index (κ1) is 11.5. The molecule has 0 heterocycles. The second kappa shape index (κ2) is 5.98. The van der Waals surface area contributed by atoms with E-state index in [2.05, 4.69) is 5.16 Å². The van der Waals surface area contributed by atoms with Gasteiger partial charge in [-0.1, -0.05) is 5.16 Å². The van der Waals surface area contributed by atoms with E-state index in [0.29, 0.717) is 13.0 Å². The average Bonchev–Trinajstić information content (AvgIpc) is 2.18. The van der Waals surface area contributed by atoms with Crippen LogP contribution in [0.25, 0.3) is 0 Å². The summed E-state index contributed by atoms with van der Waals surface area (Å²) in [5.41, 5.74) is 0.875. The molecular formula is C10H19NO3. The number of aliphatic hydroxyl groups excluding tert-OH is 1.